The first-order valence-electron chi connectivity index (χ1n) is 7.15. The number of carbonyl (C=O) groups excluding carboxylic acids is 3. The highest BCUT2D eigenvalue weighted by molar-refractivity contribution is 6.01. The molecule has 0 saturated heterocycles. The maximum atomic E-state index is 11.8. The quantitative estimate of drug-likeness (QED) is 0.268. The van der Waals surface area contributed by atoms with Crippen LogP contribution in [0, 0.1) is 0 Å². The number of carbonyl (C=O) groups is 3. The molecule has 24 heavy (non-hydrogen) atoms. The van der Waals surface area contributed by atoms with E-state index < -0.39 is 23.5 Å². The second kappa shape index (κ2) is 8.26. The molecule has 0 aromatic heterocycles. The topological polar surface area (TPSA) is 99.1 Å². The van der Waals surface area contributed by atoms with Gasteiger partial charge in [-0.25, -0.2) is 9.59 Å². The zero-order valence-corrected chi connectivity index (χ0v) is 13.8. The highest BCUT2D eigenvalue weighted by Crippen LogP contribution is 2.17. The Bertz CT molecular complexity index is 623. The van der Waals surface area contributed by atoms with Crippen molar-refractivity contribution in [2.75, 3.05) is 13.2 Å². The van der Waals surface area contributed by atoms with Crippen LogP contribution >= 0.6 is 0 Å². The van der Waals surface area contributed by atoms with E-state index in [-0.39, 0.29) is 30.1 Å². The minimum absolute atomic E-state index is 0.111. The molecule has 1 aromatic rings. The first kappa shape index (κ1) is 19.4. The largest absolute Gasteiger partial charge is 0.513 e. The number of hydrogen-bond acceptors (Lipinski definition) is 7. The molecule has 0 aliphatic carbocycles. The van der Waals surface area contributed by atoms with Crippen LogP contribution in [0.1, 0.15) is 31.1 Å². The molecule has 0 saturated carbocycles. The molecule has 0 unspecified atom stereocenters. The van der Waals surface area contributed by atoms with Crippen LogP contribution in [0.15, 0.2) is 36.4 Å². The lowest BCUT2D eigenvalue weighted by Gasteiger charge is -2.15. The summed E-state index contributed by atoms with van der Waals surface area (Å²) in [6.07, 6.45) is -0.970. The molecule has 0 atom stereocenters. The number of hydrogen-bond donors (Lipinski definition) is 1. The van der Waals surface area contributed by atoms with Crippen LogP contribution in [0.3, 0.4) is 0 Å². The van der Waals surface area contributed by atoms with Gasteiger partial charge in [0, 0.05) is 11.1 Å². The summed E-state index contributed by atoms with van der Waals surface area (Å²) in [7, 11) is 0. The summed E-state index contributed by atoms with van der Waals surface area (Å²) in [6.45, 7) is 7.42. The van der Waals surface area contributed by atoms with Crippen molar-refractivity contribution in [3.8, 4) is 5.75 Å². The van der Waals surface area contributed by atoms with Crippen molar-refractivity contribution in [3.63, 3.8) is 0 Å². The van der Waals surface area contributed by atoms with Gasteiger partial charge in [-0.05, 0) is 45.0 Å². The van der Waals surface area contributed by atoms with E-state index in [0.717, 1.165) is 0 Å². The third-order valence-corrected chi connectivity index (χ3v) is 2.76. The van der Waals surface area contributed by atoms with E-state index in [1.807, 2.05) is 0 Å². The van der Waals surface area contributed by atoms with Gasteiger partial charge in [-0.2, -0.15) is 0 Å². The van der Waals surface area contributed by atoms with Crippen LogP contribution in [-0.4, -0.2) is 41.8 Å². The van der Waals surface area contributed by atoms with Crippen molar-refractivity contribution in [2.24, 2.45) is 0 Å². The lowest BCUT2D eigenvalue weighted by molar-refractivity contribution is -0.140. The molecule has 0 bridgehead atoms. The molecule has 0 aliphatic heterocycles. The van der Waals surface area contributed by atoms with Crippen molar-refractivity contribution in [1.82, 2.24) is 0 Å². The number of ether oxygens (including phenoxy) is 3. The van der Waals surface area contributed by atoms with Gasteiger partial charge >= 0.3 is 12.1 Å². The maximum absolute atomic E-state index is 11.8. The smallest absolute Gasteiger partial charge is 0.459 e. The number of esters is 1. The van der Waals surface area contributed by atoms with Crippen LogP contribution in [0.2, 0.25) is 0 Å². The van der Waals surface area contributed by atoms with Gasteiger partial charge in [-0.1, -0.05) is 6.58 Å². The predicted molar refractivity (Wildman–Crippen MR) is 84.8 cm³/mol. The average Bonchev–Trinajstić information content (AvgIpc) is 2.50. The van der Waals surface area contributed by atoms with Crippen molar-refractivity contribution >= 4 is 17.9 Å². The molecule has 130 valence electrons. The van der Waals surface area contributed by atoms with E-state index in [0.29, 0.717) is 0 Å². The van der Waals surface area contributed by atoms with Gasteiger partial charge in [-0.15, -0.1) is 0 Å². The first-order chi connectivity index (χ1) is 11.1. The lowest BCUT2D eigenvalue weighted by atomic mass is 9.97. The normalized spacial score (nSPS) is 10.7. The first-order valence-corrected chi connectivity index (χ1v) is 7.15. The third kappa shape index (κ3) is 6.21. The summed E-state index contributed by atoms with van der Waals surface area (Å²) in [4.78, 5) is 34.4. The molecule has 7 heteroatoms. The molecule has 0 amide bonds. The molecule has 0 aliphatic rings. The summed E-state index contributed by atoms with van der Waals surface area (Å²) in [5, 5.41) is 9.65. The number of rotatable bonds is 7. The van der Waals surface area contributed by atoms with Gasteiger partial charge in [0.15, 0.2) is 5.78 Å². The predicted octanol–water partition coefficient (Wildman–Crippen LogP) is 2.27. The van der Waals surface area contributed by atoms with Crippen molar-refractivity contribution in [2.45, 2.75) is 26.4 Å². The molecular formula is C17H20O7. The fourth-order valence-corrected chi connectivity index (χ4v) is 1.54. The van der Waals surface area contributed by atoms with Gasteiger partial charge in [0.05, 0.1) is 0 Å². The Kier molecular flexibility index (Phi) is 6.67. The number of aliphatic hydroxyl groups is 1. The maximum Gasteiger partial charge on any atom is 0.513 e. The zero-order valence-electron chi connectivity index (χ0n) is 13.8. The van der Waals surface area contributed by atoms with Gasteiger partial charge in [0.2, 0.25) is 0 Å². The fraction of sp³-hybridized carbons (Fsp3) is 0.353. The Morgan fingerprint density at radius 3 is 2.12 bits per heavy atom. The van der Waals surface area contributed by atoms with Gasteiger partial charge in [-0.3, -0.25) is 4.79 Å². The van der Waals surface area contributed by atoms with Crippen LogP contribution in [-0.2, 0) is 14.3 Å². The monoisotopic (exact) mass is 336 g/mol. The summed E-state index contributed by atoms with van der Waals surface area (Å²) < 4.78 is 14.4. The molecule has 7 nitrogen and oxygen atoms in total. The molecule has 1 rings (SSSR count). The van der Waals surface area contributed by atoms with E-state index in [2.05, 4.69) is 6.58 Å². The van der Waals surface area contributed by atoms with Gasteiger partial charge in [0.25, 0.3) is 0 Å². The highest BCUT2D eigenvalue weighted by atomic mass is 16.7. The second-order valence-corrected chi connectivity index (χ2v) is 5.53. The summed E-state index contributed by atoms with van der Waals surface area (Å²) in [5.41, 5.74) is -0.948. The van der Waals surface area contributed by atoms with Crippen molar-refractivity contribution in [1.29, 1.82) is 0 Å². The summed E-state index contributed by atoms with van der Waals surface area (Å²) in [5.74, 6) is -0.846. The molecular weight excluding hydrogens is 316 g/mol. The summed E-state index contributed by atoms with van der Waals surface area (Å²) >= 11 is 0. The van der Waals surface area contributed by atoms with Crippen LogP contribution in [0.5, 0.6) is 5.75 Å². The molecule has 0 fully saturated rings. The molecule has 1 aromatic carbocycles. The molecule has 0 radical (unpaired) electrons. The van der Waals surface area contributed by atoms with Gasteiger partial charge < -0.3 is 19.3 Å². The molecule has 0 spiro atoms. The van der Waals surface area contributed by atoms with Crippen LogP contribution < -0.4 is 4.74 Å². The zero-order chi connectivity index (χ0) is 18.3. The minimum Gasteiger partial charge on any atom is -0.459 e. The third-order valence-electron chi connectivity index (χ3n) is 2.76. The Balaban J connectivity index is 2.44. The van der Waals surface area contributed by atoms with E-state index in [4.69, 9.17) is 14.2 Å². The second-order valence-electron chi connectivity index (χ2n) is 5.53. The number of Topliss-reactive ketones (excluding diaryl/α,β-unsaturated/α-hetero) is 1. The van der Waals surface area contributed by atoms with E-state index in [1.165, 1.54) is 45.0 Å². The SMILES string of the molecule is C=C(C)C(=O)OCCOC(=O)Oc1ccc(C(=O)C(C)(C)O)cc1. The standard InChI is InChI=1S/C17H20O7/c1-11(2)15(19)22-9-10-23-16(20)24-13-7-5-12(6-8-13)14(18)17(3,4)21/h5-8,21H,1,9-10H2,2-4H3. The highest BCUT2D eigenvalue weighted by Gasteiger charge is 2.25. The van der Waals surface area contributed by atoms with E-state index in [1.54, 1.807) is 0 Å². The van der Waals surface area contributed by atoms with Crippen LogP contribution in [0.4, 0.5) is 4.79 Å². The fourth-order valence-electron chi connectivity index (χ4n) is 1.54. The Hall–Kier alpha value is -2.67. The van der Waals surface area contributed by atoms with Crippen molar-refractivity contribution in [3.05, 3.63) is 42.0 Å². The van der Waals surface area contributed by atoms with E-state index in [9.17, 15) is 19.5 Å². The van der Waals surface area contributed by atoms with Gasteiger partial charge in [0.1, 0.15) is 24.6 Å². The Labute approximate surface area is 139 Å². The Morgan fingerprint density at radius 2 is 1.62 bits per heavy atom. The number of ketones is 1. The van der Waals surface area contributed by atoms with E-state index >= 15 is 0 Å². The lowest BCUT2D eigenvalue weighted by Crippen LogP contribution is -2.30. The Morgan fingerprint density at radius 1 is 1.08 bits per heavy atom. The molecule has 0 heterocycles. The minimum atomic E-state index is -1.48. The summed E-state index contributed by atoms with van der Waals surface area (Å²) in [6, 6.07) is 5.66. The molecule has 1 N–H and O–H groups in total. The van der Waals surface area contributed by atoms with Crippen molar-refractivity contribution < 1.29 is 33.7 Å². The average molecular weight is 336 g/mol. The van der Waals surface area contributed by atoms with Crippen LogP contribution in [0.25, 0.3) is 0 Å². The number of benzene rings is 1.